The normalized spacial score (nSPS) is 10.5. The third kappa shape index (κ3) is 4.23. The van der Waals surface area contributed by atoms with Crippen LogP contribution in [-0.2, 0) is 0 Å². The number of halogens is 1. The van der Waals surface area contributed by atoms with Gasteiger partial charge in [0.25, 0.3) is 0 Å². The lowest BCUT2D eigenvalue weighted by molar-refractivity contribution is 0.0734. The third-order valence-electron chi connectivity index (χ3n) is 2.82. The van der Waals surface area contributed by atoms with Crippen molar-refractivity contribution < 1.29 is 14.3 Å². The van der Waals surface area contributed by atoms with Gasteiger partial charge in [-0.05, 0) is 62.7 Å². The molecule has 0 spiro atoms. The van der Waals surface area contributed by atoms with Crippen LogP contribution in [-0.4, -0.2) is 12.1 Å². The molecule has 0 aliphatic rings. The Morgan fingerprint density at radius 1 is 1.05 bits per heavy atom. The van der Waals surface area contributed by atoms with E-state index in [-0.39, 0.29) is 6.10 Å². The summed E-state index contributed by atoms with van der Waals surface area (Å²) >= 11 is 6.00. The summed E-state index contributed by atoms with van der Waals surface area (Å²) in [5, 5.41) is 0.570. The van der Waals surface area contributed by atoms with E-state index in [0.717, 1.165) is 11.3 Å². The van der Waals surface area contributed by atoms with Gasteiger partial charge in [-0.1, -0.05) is 17.7 Å². The Kier molecular flexibility index (Phi) is 4.86. The van der Waals surface area contributed by atoms with Gasteiger partial charge in [0.1, 0.15) is 11.5 Å². The zero-order chi connectivity index (χ0) is 15.4. The average molecular weight is 305 g/mol. The highest BCUT2D eigenvalue weighted by atomic mass is 35.5. The Hall–Kier alpha value is -2.00. The maximum Gasteiger partial charge on any atom is 0.343 e. The fourth-order valence-electron chi connectivity index (χ4n) is 1.74. The molecule has 110 valence electrons. The third-order valence-corrected chi connectivity index (χ3v) is 3.22. The maximum atomic E-state index is 12.0. The molecule has 0 radical (unpaired) electrons. The molecule has 0 aliphatic heterocycles. The molecule has 0 amide bonds. The van der Waals surface area contributed by atoms with Crippen LogP contribution in [0, 0.1) is 6.92 Å². The van der Waals surface area contributed by atoms with Gasteiger partial charge in [0.05, 0.1) is 11.7 Å². The molecule has 21 heavy (non-hydrogen) atoms. The first-order chi connectivity index (χ1) is 9.95. The summed E-state index contributed by atoms with van der Waals surface area (Å²) in [4.78, 5) is 12.0. The average Bonchev–Trinajstić information content (AvgIpc) is 2.43. The Labute approximate surface area is 129 Å². The minimum atomic E-state index is -0.425. The first kappa shape index (κ1) is 15.4. The van der Waals surface area contributed by atoms with Gasteiger partial charge >= 0.3 is 5.97 Å². The number of ether oxygens (including phenoxy) is 2. The van der Waals surface area contributed by atoms with Gasteiger partial charge in [-0.25, -0.2) is 4.79 Å². The molecule has 0 unspecified atom stereocenters. The smallest absolute Gasteiger partial charge is 0.343 e. The second-order valence-corrected chi connectivity index (χ2v) is 5.40. The molecule has 0 heterocycles. The molecule has 2 aromatic carbocycles. The van der Waals surface area contributed by atoms with Crippen molar-refractivity contribution in [1.82, 2.24) is 0 Å². The zero-order valence-electron chi connectivity index (χ0n) is 12.2. The molecule has 0 bridgehead atoms. The lowest BCUT2D eigenvalue weighted by Gasteiger charge is -2.10. The van der Waals surface area contributed by atoms with Gasteiger partial charge < -0.3 is 9.47 Å². The second-order valence-electron chi connectivity index (χ2n) is 4.99. The predicted octanol–water partition coefficient (Wildman–Crippen LogP) is 4.65. The van der Waals surface area contributed by atoms with Gasteiger partial charge in [0, 0.05) is 5.02 Å². The van der Waals surface area contributed by atoms with Gasteiger partial charge in [-0.3, -0.25) is 0 Å². The Balaban J connectivity index is 2.07. The molecule has 2 aromatic rings. The van der Waals surface area contributed by atoms with Crippen molar-refractivity contribution >= 4 is 17.6 Å². The predicted molar refractivity (Wildman–Crippen MR) is 83.4 cm³/mol. The van der Waals surface area contributed by atoms with E-state index in [4.69, 9.17) is 21.1 Å². The van der Waals surface area contributed by atoms with Crippen molar-refractivity contribution in [3.63, 3.8) is 0 Å². The van der Waals surface area contributed by atoms with Crippen LogP contribution in [0.2, 0.25) is 5.02 Å². The van der Waals surface area contributed by atoms with E-state index < -0.39 is 5.97 Å². The summed E-state index contributed by atoms with van der Waals surface area (Å²) in [6.45, 7) is 5.79. The van der Waals surface area contributed by atoms with Crippen LogP contribution in [0.3, 0.4) is 0 Å². The summed E-state index contributed by atoms with van der Waals surface area (Å²) in [6, 6.07) is 12.0. The fourth-order valence-corrected chi connectivity index (χ4v) is 1.92. The van der Waals surface area contributed by atoms with Crippen LogP contribution in [0.4, 0.5) is 0 Å². The fraction of sp³-hybridized carbons (Fsp3) is 0.235. The van der Waals surface area contributed by atoms with Crippen LogP contribution in [0.25, 0.3) is 0 Å². The molecule has 2 rings (SSSR count). The summed E-state index contributed by atoms with van der Waals surface area (Å²) in [7, 11) is 0. The Morgan fingerprint density at radius 2 is 1.67 bits per heavy atom. The Bertz CT molecular complexity index is 633. The summed E-state index contributed by atoms with van der Waals surface area (Å²) in [6.07, 6.45) is 0.0949. The number of carbonyl (C=O) groups is 1. The van der Waals surface area contributed by atoms with Crippen LogP contribution in [0.5, 0.6) is 11.5 Å². The molecule has 0 saturated heterocycles. The molecule has 0 atom stereocenters. The molecule has 0 aliphatic carbocycles. The molecule has 0 fully saturated rings. The monoisotopic (exact) mass is 304 g/mol. The number of aryl methyl sites for hydroxylation is 1. The minimum absolute atomic E-state index is 0.0949. The zero-order valence-corrected chi connectivity index (χ0v) is 13.0. The van der Waals surface area contributed by atoms with Crippen LogP contribution in [0.1, 0.15) is 29.8 Å². The number of hydrogen-bond acceptors (Lipinski definition) is 3. The van der Waals surface area contributed by atoms with Gasteiger partial charge in [0.15, 0.2) is 0 Å². The molecule has 4 heteroatoms. The van der Waals surface area contributed by atoms with E-state index in [2.05, 4.69) is 0 Å². The van der Waals surface area contributed by atoms with Crippen molar-refractivity contribution in [1.29, 1.82) is 0 Å². The molecule has 0 saturated carbocycles. The summed E-state index contributed by atoms with van der Waals surface area (Å²) in [5.74, 6) is 0.726. The largest absolute Gasteiger partial charge is 0.491 e. The van der Waals surface area contributed by atoms with Crippen LogP contribution in [0.15, 0.2) is 42.5 Å². The number of carbonyl (C=O) groups excluding carboxylic acids is 1. The van der Waals surface area contributed by atoms with Crippen molar-refractivity contribution in [3.8, 4) is 11.5 Å². The quantitative estimate of drug-likeness (QED) is 0.609. The lowest BCUT2D eigenvalue weighted by atomic mass is 10.2. The number of rotatable bonds is 4. The van der Waals surface area contributed by atoms with E-state index >= 15 is 0 Å². The first-order valence-corrected chi connectivity index (χ1v) is 7.08. The highest BCUT2D eigenvalue weighted by Gasteiger charge is 2.10. The molecule has 3 nitrogen and oxygen atoms in total. The van der Waals surface area contributed by atoms with Crippen LogP contribution < -0.4 is 9.47 Å². The van der Waals surface area contributed by atoms with Crippen molar-refractivity contribution in [2.24, 2.45) is 0 Å². The molecule has 0 aromatic heterocycles. The van der Waals surface area contributed by atoms with Gasteiger partial charge in [0.2, 0.25) is 0 Å². The Morgan fingerprint density at radius 3 is 2.24 bits per heavy atom. The summed E-state index contributed by atoms with van der Waals surface area (Å²) < 4.78 is 10.8. The maximum absolute atomic E-state index is 12.0. The first-order valence-electron chi connectivity index (χ1n) is 6.71. The van der Waals surface area contributed by atoms with Crippen molar-refractivity contribution in [2.75, 3.05) is 0 Å². The topological polar surface area (TPSA) is 35.5 Å². The van der Waals surface area contributed by atoms with Gasteiger partial charge in [-0.2, -0.15) is 0 Å². The second kappa shape index (κ2) is 6.64. The highest BCUT2D eigenvalue weighted by molar-refractivity contribution is 6.31. The highest BCUT2D eigenvalue weighted by Crippen LogP contribution is 2.23. The lowest BCUT2D eigenvalue weighted by Crippen LogP contribution is -2.09. The summed E-state index contributed by atoms with van der Waals surface area (Å²) in [5.41, 5.74) is 1.40. The number of hydrogen-bond donors (Lipinski definition) is 0. The standard InChI is InChI=1S/C17H17ClO3/c1-11(2)20-14-8-5-13(6-9-14)17(19)21-15-7-4-12(3)16(18)10-15/h4-11H,1-3H3. The van der Waals surface area contributed by atoms with Gasteiger partial charge in [-0.15, -0.1) is 0 Å². The SMILES string of the molecule is Cc1ccc(OC(=O)c2ccc(OC(C)C)cc2)cc1Cl. The van der Waals surface area contributed by atoms with E-state index in [0.29, 0.717) is 16.3 Å². The van der Waals surface area contributed by atoms with Crippen LogP contribution >= 0.6 is 11.6 Å². The molecule has 0 N–H and O–H groups in total. The van der Waals surface area contributed by atoms with E-state index in [1.807, 2.05) is 26.8 Å². The number of benzene rings is 2. The van der Waals surface area contributed by atoms with Crippen molar-refractivity contribution in [3.05, 3.63) is 58.6 Å². The van der Waals surface area contributed by atoms with E-state index in [1.54, 1.807) is 36.4 Å². The molecular weight excluding hydrogens is 288 g/mol. The minimum Gasteiger partial charge on any atom is -0.491 e. The van der Waals surface area contributed by atoms with E-state index in [1.165, 1.54) is 0 Å². The van der Waals surface area contributed by atoms with E-state index in [9.17, 15) is 4.79 Å². The van der Waals surface area contributed by atoms with Crippen molar-refractivity contribution in [2.45, 2.75) is 26.9 Å². The molecular formula is C17H17ClO3. The number of esters is 1.